The number of methoxy groups -OCH3 is 1. The molecule has 1 spiro atoms. The van der Waals surface area contributed by atoms with Gasteiger partial charge in [0.05, 0.1) is 24.9 Å². The van der Waals surface area contributed by atoms with Crippen molar-refractivity contribution in [2.45, 2.75) is 24.5 Å². The van der Waals surface area contributed by atoms with Gasteiger partial charge < -0.3 is 15.0 Å². The monoisotopic (exact) mass is 527 g/mol. The summed E-state index contributed by atoms with van der Waals surface area (Å²) in [5, 5.41) is 2.91. The fourth-order valence-corrected chi connectivity index (χ4v) is 6.23. The fourth-order valence-electron chi connectivity index (χ4n) is 4.77. The van der Waals surface area contributed by atoms with Crippen LogP contribution in [0.3, 0.4) is 0 Å². The van der Waals surface area contributed by atoms with E-state index < -0.39 is 22.6 Å². The van der Waals surface area contributed by atoms with E-state index in [0.29, 0.717) is 40.5 Å². The highest BCUT2D eigenvalue weighted by Crippen LogP contribution is 2.55. The van der Waals surface area contributed by atoms with Crippen molar-refractivity contribution >= 4 is 35.1 Å². The minimum atomic E-state index is -4.44. The summed E-state index contributed by atoms with van der Waals surface area (Å²) < 4.78 is 44.5. The van der Waals surface area contributed by atoms with Gasteiger partial charge in [-0.15, -0.1) is 11.8 Å². The summed E-state index contributed by atoms with van der Waals surface area (Å²) >= 11 is 1.36. The van der Waals surface area contributed by atoms with Crippen LogP contribution >= 0.6 is 11.8 Å². The Morgan fingerprint density at radius 3 is 2.54 bits per heavy atom. The summed E-state index contributed by atoms with van der Waals surface area (Å²) in [6.45, 7) is 2.33. The maximum absolute atomic E-state index is 14.1. The number of nitrogens with one attached hydrogen (secondary N) is 1. The van der Waals surface area contributed by atoms with Crippen LogP contribution in [0.5, 0.6) is 5.75 Å². The van der Waals surface area contributed by atoms with Gasteiger partial charge in [0.15, 0.2) is 4.87 Å². The van der Waals surface area contributed by atoms with E-state index in [1.165, 1.54) is 40.8 Å². The van der Waals surface area contributed by atoms with Crippen LogP contribution in [0, 0.1) is 6.92 Å². The highest BCUT2D eigenvalue weighted by Gasteiger charge is 2.59. The predicted octanol–water partition coefficient (Wildman–Crippen LogP) is 6.00. The highest BCUT2D eigenvalue weighted by molar-refractivity contribution is 8.01. The van der Waals surface area contributed by atoms with Gasteiger partial charge in [-0.1, -0.05) is 24.3 Å². The van der Waals surface area contributed by atoms with E-state index in [4.69, 9.17) is 4.74 Å². The maximum atomic E-state index is 14.1. The molecule has 6 nitrogen and oxygen atoms in total. The predicted molar refractivity (Wildman–Crippen MR) is 137 cm³/mol. The number of benzene rings is 3. The molecule has 2 aliphatic heterocycles. The van der Waals surface area contributed by atoms with Gasteiger partial charge in [-0.05, 0) is 60.5 Å². The number of halogens is 3. The molecule has 0 saturated carbocycles. The smallest absolute Gasteiger partial charge is 0.416 e. The minimum Gasteiger partial charge on any atom is -0.497 e. The third-order valence-electron chi connectivity index (χ3n) is 6.54. The summed E-state index contributed by atoms with van der Waals surface area (Å²) in [7, 11) is 1.52. The first kappa shape index (κ1) is 25.0. The van der Waals surface area contributed by atoms with E-state index in [9.17, 15) is 22.8 Å². The molecule has 1 saturated heterocycles. The van der Waals surface area contributed by atoms with Crippen molar-refractivity contribution in [2.24, 2.45) is 0 Å². The molecule has 3 aromatic rings. The number of amides is 3. The van der Waals surface area contributed by atoms with Crippen LogP contribution in [-0.4, -0.2) is 36.2 Å². The molecule has 0 unspecified atom stereocenters. The zero-order valence-electron chi connectivity index (χ0n) is 20.1. The van der Waals surface area contributed by atoms with Crippen LogP contribution in [0.25, 0.3) is 0 Å². The average Bonchev–Trinajstić information content (AvgIpc) is 3.41. The third-order valence-corrected chi connectivity index (χ3v) is 7.96. The standard InChI is InChI=1S/C27H24F3N3O3S/c1-17-4-3-5-20(14-17)31-25(35)33-12-13-37-26(33)22-15-21(36-2)10-11-23(22)32(24(26)34)16-18-6-8-19(9-7-18)27(28,29)30/h3-11,14-15H,12-13,16H2,1-2H3,(H,31,35)/t26-/m0/s1. The van der Waals surface area contributed by atoms with Gasteiger partial charge in [-0.3, -0.25) is 9.69 Å². The van der Waals surface area contributed by atoms with E-state index in [-0.39, 0.29) is 12.5 Å². The van der Waals surface area contributed by atoms with Crippen LogP contribution in [0.4, 0.5) is 29.3 Å². The number of hydrogen-bond donors (Lipinski definition) is 1. The Hall–Kier alpha value is -3.66. The van der Waals surface area contributed by atoms with Crippen LogP contribution in [-0.2, 0) is 22.4 Å². The first-order chi connectivity index (χ1) is 17.6. The van der Waals surface area contributed by atoms with Crippen molar-refractivity contribution in [2.75, 3.05) is 29.6 Å². The summed E-state index contributed by atoms with van der Waals surface area (Å²) in [6.07, 6.45) is -4.44. The lowest BCUT2D eigenvalue weighted by molar-refractivity contribution is -0.137. The Morgan fingerprint density at radius 1 is 1.11 bits per heavy atom. The molecule has 0 aromatic heterocycles. The molecule has 5 rings (SSSR count). The van der Waals surface area contributed by atoms with Crippen molar-refractivity contribution in [1.29, 1.82) is 0 Å². The molecule has 0 radical (unpaired) electrons. The Labute approximate surface area is 216 Å². The molecule has 3 aromatic carbocycles. The normalized spacial score (nSPS) is 18.9. The first-order valence-electron chi connectivity index (χ1n) is 11.6. The van der Waals surface area contributed by atoms with Crippen molar-refractivity contribution < 1.29 is 27.5 Å². The molecule has 2 heterocycles. The van der Waals surface area contributed by atoms with Crippen molar-refractivity contribution in [3.05, 3.63) is 89.0 Å². The molecule has 0 bridgehead atoms. The van der Waals surface area contributed by atoms with Gasteiger partial charge in [0.25, 0.3) is 5.91 Å². The van der Waals surface area contributed by atoms with Gasteiger partial charge in [0, 0.05) is 23.5 Å². The van der Waals surface area contributed by atoms with Crippen LogP contribution in [0.1, 0.15) is 22.3 Å². The Balaban J connectivity index is 1.51. The second kappa shape index (κ2) is 9.33. The molecule has 2 aliphatic rings. The highest BCUT2D eigenvalue weighted by atomic mass is 32.2. The number of aryl methyl sites for hydroxylation is 1. The largest absolute Gasteiger partial charge is 0.497 e. The Morgan fingerprint density at radius 2 is 1.86 bits per heavy atom. The lowest BCUT2D eigenvalue weighted by atomic mass is 10.1. The second-order valence-electron chi connectivity index (χ2n) is 8.91. The third kappa shape index (κ3) is 4.39. The summed E-state index contributed by atoms with van der Waals surface area (Å²) in [5.74, 6) is 0.754. The SMILES string of the molecule is COc1ccc2c(c1)[C@]1(SCCN1C(=O)Nc1cccc(C)c1)C(=O)N2Cc1ccc(C(F)(F)F)cc1. The molecular weight excluding hydrogens is 503 g/mol. The minimum absolute atomic E-state index is 0.0615. The van der Waals surface area contributed by atoms with Crippen LogP contribution < -0.4 is 15.0 Å². The number of fused-ring (bicyclic) bond motifs is 2. The number of rotatable bonds is 4. The van der Waals surface area contributed by atoms with E-state index in [1.807, 2.05) is 25.1 Å². The number of carbonyl (C=O) groups is 2. The number of hydrogen-bond acceptors (Lipinski definition) is 4. The van der Waals surface area contributed by atoms with Gasteiger partial charge in [-0.2, -0.15) is 13.2 Å². The van der Waals surface area contributed by atoms with E-state index in [2.05, 4.69) is 5.32 Å². The van der Waals surface area contributed by atoms with Crippen LogP contribution in [0.15, 0.2) is 66.7 Å². The average molecular weight is 528 g/mol. The van der Waals surface area contributed by atoms with Gasteiger partial charge in [0.1, 0.15) is 5.75 Å². The summed E-state index contributed by atoms with van der Waals surface area (Å²) in [6, 6.07) is 17.0. The van der Waals surface area contributed by atoms with Crippen molar-refractivity contribution in [3.63, 3.8) is 0 Å². The number of alkyl halides is 3. The van der Waals surface area contributed by atoms with E-state index in [1.54, 1.807) is 24.3 Å². The maximum Gasteiger partial charge on any atom is 0.416 e. The fraction of sp³-hybridized carbons (Fsp3) is 0.259. The molecular formula is C27H24F3N3O3S. The molecule has 1 N–H and O–H groups in total. The lowest BCUT2D eigenvalue weighted by Gasteiger charge is -2.33. The van der Waals surface area contributed by atoms with Gasteiger partial charge >= 0.3 is 12.2 Å². The number of urea groups is 1. The lowest BCUT2D eigenvalue weighted by Crippen LogP contribution is -2.51. The quantitative estimate of drug-likeness (QED) is 0.452. The van der Waals surface area contributed by atoms with E-state index >= 15 is 0 Å². The van der Waals surface area contributed by atoms with Crippen molar-refractivity contribution in [3.8, 4) is 5.75 Å². The number of ether oxygens (including phenoxy) is 1. The molecule has 1 fully saturated rings. The number of thioether (sulfide) groups is 1. The molecule has 37 heavy (non-hydrogen) atoms. The number of nitrogens with zero attached hydrogens (tertiary/aromatic N) is 2. The van der Waals surface area contributed by atoms with E-state index in [0.717, 1.165) is 17.7 Å². The Kier molecular flexibility index (Phi) is 6.31. The zero-order valence-corrected chi connectivity index (χ0v) is 20.9. The number of anilines is 2. The van der Waals surface area contributed by atoms with Gasteiger partial charge in [-0.25, -0.2) is 4.79 Å². The van der Waals surface area contributed by atoms with Gasteiger partial charge in [0.2, 0.25) is 0 Å². The second-order valence-corrected chi connectivity index (χ2v) is 10.2. The molecule has 1 atom stereocenters. The molecule has 10 heteroatoms. The first-order valence-corrected chi connectivity index (χ1v) is 12.6. The molecule has 192 valence electrons. The molecule has 0 aliphatic carbocycles. The van der Waals surface area contributed by atoms with Crippen molar-refractivity contribution in [1.82, 2.24) is 4.90 Å². The summed E-state index contributed by atoms with van der Waals surface area (Å²) in [4.78, 5) is 29.3. The van der Waals surface area contributed by atoms with Crippen LogP contribution in [0.2, 0.25) is 0 Å². The summed E-state index contributed by atoms with van der Waals surface area (Å²) in [5.41, 5.74) is 2.60. The molecule has 3 amide bonds. The topological polar surface area (TPSA) is 61.9 Å². The Bertz CT molecular complexity index is 1360. The zero-order chi connectivity index (χ0) is 26.4. The number of carbonyl (C=O) groups excluding carboxylic acids is 2.